The smallest absolute Gasteiger partial charge is 0.268 e. The molecule has 2 aromatic rings. The molecule has 110 valence electrons. The molecule has 0 unspecified atom stereocenters. The van der Waals surface area contributed by atoms with Crippen molar-refractivity contribution < 1.29 is 4.79 Å². The normalized spacial score (nSPS) is 16.0. The molecule has 0 radical (unpaired) electrons. The number of nitrogens with zero attached hydrogens (tertiary/aromatic N) is 4. The van der Waals surface area contributed by atoms with E-state index in [0.29, 0.717) is 5.69 Å². The third-order valence-corrected chi connectivity index (χ3v) is 3.84. The van der Waals surface area contributed by atoms with Crippen LogP contribution in [0.15, 0.2) is 36.8 Å². The molecule has 6 heteroatoms. The second-order valence-electron chi connectivity index (χ2n) is 5.29. The average Bonchev–Trinajstić information content (AvgIpc) is 2.95. The third-order valence-electron chi connectivity index (χ3n) is 3.84. The second-order valence-corrected chi connectivity index (χ2v) is 5.29. The maximum atomic E-state index is 12.2. The SMILES string of the molecule is Cn1cccc1C(=O)NC1CCN(c2ncccn2)CC1. The van der Waals surface area contributed by atoms with Crippen LogP contribution < -0.4 is 10.2 Å². The fourth-order valence-corrected chi connectivity index (χ4v) is 2.63. The zero-order valence-corrected chi connectivity index (χ0v) is 12.1. The van der Waals surface area contributed by atoms with Crippen LogP contribution in [0.25, 0.3) is 0 Å². The van der Waals surface area contributed by atoms with Gasteiger partial charge >= 0.3 is 0 Å². The Kier molecular flexibility index (Phi) is 3.85. The predicted octanol–water partition coefficient (Wildman–Crippen LogP) is 1.21. The van der Waals surface area contributed by atoms with Gasteiger partial charge in [-0.15, -0.1) is 0 Å². The number of rotatable bonds is 3. The van der Waals surface area contributed by atoms with Gasteiger partial charge in [-0.25, -0.2) is 9.97 Å². The summed E-state index contributed by atoms with van der Waals surface area (Å²) in [6, 6.07) is 5.75. The molecule has 0 saturated carbocycles. The van der Waals surface area contributed by atoms with Crippen molar-refractivity contribution in [2.24, 2.45) is 7.05 Å². The number of piperidine rings is 1. The fraction of sp³-hybridized carbons (Fsp3) is 0.400. The van der Waals surface area contributed by atoms with Gasteiger partial charge in [0.15, 0.2) is 0 Å². The van der Waals surface area contributed by atoms with Crippen molar-refractivity contribution in [3.05, 3.63) is 42.5 Å². The number of carbonyl (C=O) groups excluding carboxylic acids is 1. The molecular weight excluding hydrogens is 266 g/mol. The summed E-state index contributed by atoms with van der Waals surface area (Å²) in [7, 11) is 1.88. The second kappa shape index (κ2) is 5.95. The summed E-state index contributed by atoms with van der Waals surface area (Å²) in [5.41, 5.74) is 0.698. The highest BCUT2D eigenvalue weighted by molar-refractivity contribution is 5.92. The van der Waals surface area contributed by atoms with Gasteiger partial charge in [-0.2, -0.15) is 0 Å². The lowest BCUT2D eigenvalue weighted by Gasteiger charge is -2.32. The summed E-state index contributed by atoms with van der Waals surface area (Å²) in [5, 5.41) is 3.11. The van der Waals surface area contributed by atoms with Gasteiger partial charge in [-0.05, 0) is 31.0 Å². The minimum atomic E-state index is -0.00286. The number of aromatic nitrogens is 3. The van der Waals surface area contributed by atoms with E-state index in [1.54, 1.807) is 12.4 Å². The molecule has 21 heavy (non-hydrogen) atoms. The van der Waals surface area contributed by atoms with Crippen LogP contribution in [0.1, 0.15) is 23.3 Å². The van der Waals surface area contributed by atoms with Crippen LogP contribution in [0.2, 0.25) is 0 Å². The van der Waals surface area contributed by atoms with Crippen molar-refractivity contribution >= 4 is 11.9 Å². The summed E-state index contributed by atoms with van der Waals surface area (Å²) in [5.74, 6) is 0.765. The van der Waals surface area contributed by atoms with Gasteiger partial charge in [0.05, 0.1) is 0 Å². The van der Waals surface area contributed by atoms with Gasteiger partial charge in [0.2, 0.25) is 5.95 Å². The van der Waals surface area contributed by atoms with E-state index in [4.69, 9.17) is 0 Å². The zero-order chi connectivity index (χ0) is 14.7. The first-order chi connectivity index (χ1) is 10.2. The molecule has 1 saturated heterocycles. The van der Waals surface area contributed by atoms with Crippen LogP contribution in [-0.4, -0.2) is 39.6 Å². The van der Waals surface area contributed by atoms with Crippen LogP contribution in [-0.2, 0) is 7.05 Å². The monoisotopic (exact) mass is 285 g/mol. The number of nitrogens with one attached hydrogen (secondary N) is 1. The van der Waals surface area contributed by atoms with Crippen molar-refractivity contribution in [2.75, 3.05) is 18.0 Å². The Bertz CT molecular complexity index is 602. The fourth-order valence-electron chi connectivity index (χ4n) is 2.63. The number of amides is 1. The van der Waals surface area contributed by atoms with Crippen LogP contribution in [0.4, 0.5) is 5.95 Å². The lowest BCUT2D eigenvalue weighted by atomic mass is 10.1. The van der Waals surface area contributed by atoms with E-state index in [0.717, 1.165) is 31.9 Å². The number of hydrogen-bond donors (Lipinski definition) is 1. The first-order valence-electron chi connectivity index (χ1n) is 7.18. The lowest BCUT2D eigenvalue weighted by Crippen LogP contribution is -2.45. The van der Waals surface area contributed by atoms with E-state index in [-0.39, 0.29) is 11.9 Å². The number of anilines is 1. The van der Waals surface area contributed by atoms with Crippen molar-refractivity contribution in [2.45, 2.75) is 18.9 Å². The highest BCUT2D eigenvalue weighted by atomic mass is 16.2. The van der Waals surface area contributed by atoms with Crippen molar-refractivity contribution in [3.63, 3.8) is 0 Å². The Morgan fingerprint density at radius 3 is 2.57 bits per heavy atom. The molecular formula is C15H19N5O. The van der Waals surface area contributed by atoms with Crippen molar-refractivity contribution in [1.29, 1.82) is 0 Å². The quantitative estimate of drug-likeness (QED) is 0.921. The van der Waals surface area contributed by atoms with Crippen LogP contribution in [0.3, 0.4) is 0 Å². The maximum Gasteiger partial charge on any atom is 0.268 e. The Labute approximate surface area is 123 Å². The van der Waals surface area contributed by atoms with E-state index in [2.05, 4.69) is 20.2 Å². The Hall–Kier alpha value is -2.37. The molecule has 0 spiro atoms. The van der Waals surface area contributed by atoms with Crippen LogP contribution in [0, 0.1) is 0 Å². The Balaban J connectivity index is 1.55. The van der Waals surface area contributed by atoms with Gasteiger partial charge in [0.25, 0.3) is 5.91 Å². The number of aryl methyl sites for hydroxylation is 1. The summed E-state index contributed by atoms with van der Waals surface area (Å²) in [6.45, 7) is 1.73. The highest BCUT2D eigenvalue weighted by Gasteiger charge is 2.22. The minimum Gasteiger partial charge on any atom is -0.348 e. The first kappa shape index (κ1) is 13.6. The molecule has 2 aromatic heterocycles. The molecule has 0 atom stereocenters. The largest absolute Gasteiger partial charge is 0.348 e. The molecule has 1 amide bonds. The van der Waals surface area contributed by atoms with E-state index < -0.39 is 0 Å². The van der Waals surface area contributed by atoms with Crippen LogP contribution >= 0.6 is 0 Å². The molecule has 1 aliphatic rings. The Morgan fingerprint density at radius 1 is 1.24 bits per heavy atom. The summed E-state index contributed by atoms with van der Waals surface area (Å²) < 4.78 is 1.84. The van der Waals surface area contributed by atoms with Crippen molar-refractivity contribution in [3.8, 4) is 0 Å². The Morgan fingerprint density at radius 2 is 1.95 bits per heavy atom. The van der Waals surface area contributed by atoms with E-state index in [1.165, 1.54) is 0 Å². The maximum absolute atomic E-state index is 12.2. The van der Waals surface area contributed by atoms with E-state index in [1.807, 2.05) is 36.0 Å². The molecule has 6 nitrogen and oxygen atoms in total. The molecule has 0 bridgehead atoms. The molecule has 1 fully saturated rings. The summed E-state index contributed by atoms with van der Waals surface area (Å²) in [4.78, 5) is 22.9. The highest BCUT2D eigenvalue weighted by Crippen LogP contribution is 2.15. The lowest BCUT2D eigenvalue weighted by molar-refractivity contribution is 0.0923. The first-order valence-corrected chi connectivity index (χ1v) is 7.18. The van der Waals surface area contributed by atoms with Crippen LogP contribution in [0.5, 0.6) is 0 Å². The molecule has 0 aromatic carbocycles. The molecule has 1 aliphatic heterocycles. The van der Waals surface area contributed by atoms with Gasteiger partial charge in [-0.3, -0.25) is 4.79 Å². The number of hydrogen-bond acceptors (Lipinski definition) is 4. The van der Waals surface area contributed by atoms with E-state index >= 15 is 0 Å². The standard InChI is InChI=1S/C15H19N5O/c1-19-9-2-4-13(19)14(21)18-12-5-10-20(11-6-12)15-16-7-3-8-17-15/h2-4,7-9,12H,5-6,10-11H2,1H3,(H,18,21). The van der Waals surface area contributed by atoms with E-state index in [9.17, 15) is 4.79 Å². The number of carbonyl (C=O) groups is 1. The van der Waals surface area contributed by atoms with Gasteiger partial charge in [0, 0.05) is 44.8 Å². The molecule has 0 aliphatic carbocycles. The van der Waals surface area contributed by atoms with Gasteiger partial charge in [0.1, 0.15) is 5.69 Å². The topological polar surface area (TPSA) is 63.1 Å². The predicted molar refractivity (Wildman–Crippen MR) is 80.1 cm³/mol. The van der Waals surface area contributed by atoms with Gasteiger partial charge < -0.3 is 14.8 Å². The average molecular weight is 285 g/mol. The summed E-state index contributed by atoms with van der Waals surface area (Å²) >= 11 is 0. The zero-order valence-electron chi connectivity index (χ0n) is 12.1. The van der Waals surface area contributed by atoms with Crippen molar-refractivity contribution in [1.82, 2.24) is 19.9 Å². The minimum absolute atomic E-state index is 0.00286. The molecule has 3 heterocycles. The molecule has 1 N–H and O–H groups in total. The summed E-state index contributed by atoms with van der Waals surface area (Å²) in [6.07, 6.45) is 7.21. The van der Waals surface area contributed by atoms with Gasteiger partial charge in [-0.1, -0.05) is 0 Å². The molecule has 3 rings (SSSR count). The third kappa shape index (κ3) is 3.04.